The van der Waals surface area contributed by atoms with Gasteiger partial charge < -0.3 is 5.11 Å². The fourth-order valence-electron chi connectivity index (χ4n) is 1.95. The van der Waals surface area contributed by atoms with Crippen molar-refractivity contribution in [3.63, 3.8) is 0 Å². The van der Waals surface area contributed by atoms with Crippen LogP contribution in [0.2, 0.25) is 0 Å². The van der Waals surface area contributed by atoms with Crippen LogP contribution in [-0.2, 0) is 4.79 Å². The molecule has 0 aliphatic rings. The molecule has 0 unspecified atom stereocenters. The molecule has 1 N–H and O–H groups in total. The third-order valence-electron chi connectivity index (χ3n) is 3.13. The van der Waals surface area contributed by atoms with Crippen LogP contribution in [0.3, 0.4) is 0 Å². The first kappa shape index (κ1) is 17.9. The monoisotopic (exact) mass is 266 g/mol. The maximum Gasteiger partial charge on any atom is 0.303 e. The van der Waals surface area contributed by atoms with Gasteiger partial charge in [-0.25, -0.2) is 0 Å². The summed E-state index contributed by atoms with van der Waals surface area (Å²) < 4.78 is 0. The van der Waals surface area contributed by atoms with Crippen LogP contribution in [-0.4, -0.2) is 11.1 Å². The second-order valence-electron chi connectivity index (χ2n) is 5.05. The summed E-state index contributed by atoms with van der Waals surface area (Å²) in [6.45, 7) is 2.25. The lowest BCUT2D eigenvalue weighted by atomic mass is 10.1. The van der Waals surface area contributed by atoms with Gasteiger partial charge in [-0.1, -0.05) is 76.2 Å². The van der Waals surface area contributed by atoms with Crippen molar-refractivity contribution in [3.8, 4) is 0 Å². The predicted octanol–water partition coefficient (Wildman–Crippen LogP) is 5.49. The lowest BCUT2D eigenvalue weighted by Crippen LogP contribution is -1.91. The van der Waals surface area contributed by atoms with Gasteiger partial charge in [-0.05, 0) is 19.3 Å². The quantitative estimate of drug-likeness (QED) is 0.353. The fraction of sp³-hybridized carbons (Fsp3) is 0.706. The molecule has 0 rings (SSSR count). The van der Waals surface area contributed by atoms with Gasteiger partial charge in [0.15, 0.2) is 0 Å². The van der Waals surface area contributed by atoms with E-state index in [9.17, 15) is 4.79 Å². The summed E-state index contributed by atoms with van der Waals surface area (Å²) in [5, 5.41) is 8.45. The van der Waals surface area contributed by atoms with Crippen LogP contribution in [0.4, 0.5) is 0 Å². The zero-order valence-corrected chi connectivity index (χ0v) is 12.4. The van der Waals surface area contributed by atoms with E-state index in [4.69, 9.17) is 5.11 Å². The number of carboxylic acids is 1. The highest BCUT2D eigenvalue weighted by molar-refractivity contribution is 5.66. The van der Waals surface area contributed by atoms with Crippen molar-refractivity contribution in [3.05, 3.63) is 24.3 Å². The van der Waals surface area contributed by atoms with E-state index in [-0.39, 0.29) is 6.42 Å². The molecule has 0 aromatic carbocycles. The number of hydrogen-bond donors (Lipinski definition) is 1. The van der Waals surface area contributed by atoms with Crippen molar-refractivity contribution in [1.29, 1.82) is 0 Å². The molecule has 2 nitrogen and oxygen atoms in total. The molecule has 0 aromatic rings. The molecule has 0 heterocycles. The minimum Gasteiger partial charge on any atom is -0.481 e. The number of hydrogen-bond acceptors (Lipinski definition) is 1. The maximum atomic E-state index is 10.3. The Morgan fingerprint density at radius 1 is 0.842 bits per heavy atom. The lowest BCUT2D eigenvalue weighted by Gasteiger charge is -1.99. The number of allylic oxidation sites excluding steroid dienone is 4. The van der Waals surface area contributed by atoms with Gasteiger partial charge in [0.1, 0.15) is 0 Å². The van der Waals surface area contributed by atoms with Crippen molar-refractivity contribution in [2.45, 2.75) is 77.6 Å². The summed E-state index contributed by atoms with van der Waals surface area (Å²) in [7, 11) is 0. The molecule has 0 atom stereocenters. The molecule has 0 bridgehead atoms. The zero-order chi connectivity index (χ0) is 14.2. The summed E-state index contributed by atoms with van der Waals surface area (Å²) >= 11 is 0. The van der Waals surface area contributed by atoms with Gasteiger partial charge in [0.05, 0.1) is 0 Å². The van der Waals surface area contributed by atoms with Crippen LogP contribution in [0.25, 0.3) is 0 Å². The zero-order valence-electron chi connectivity index (χ0n) is 12.4. The van der Waals surface area contributed by atoms with Crippen molar-refractivity contribution in [1.82, 2.24) is 0 Å². The van der Waals surface area contributed by atoms with Gasteiger partial charge >= 0.3 is 5.97 Å². The Morgan fingerprint density at radius 3 is 1.95 bits per heavy atom. The third kappa shape index (κ3) is 16.9. The van der Waals surface area contributed by atoms with E-state index in [1.807, 2.05) is 18.2 Å². The molecule has 0 amide bonds. The summed E-state index contributed by atoms with van der Waals surface area (Å²) in [6, 6.07) is 0. The summed E-state index contributed by atoms with van der Waals surface area (Å²) in [6.07, 6.45) is 20.9. The van der Waals surface area contributed by atoms with Crippen molar-refractivity contribution in [2.75, 3.05) is 0 Å². The van der Waals surface area contributed by atoms with E-state index in [0.29, 0.717) is 6.42 Å². The molecule has 0 saturated heterocycles. The van der Waals surface area contributed by atoms with Gasteiger partial charge in [0.2, 0.25) is 0 Å². The molecule has 0 aromatic heterocycles. The average molecular weight is 266 g/mol. The van der Waals surface area contributed by atoms with E-state index >= 15 is 0 Å². The minimum atomic E-state index is -0.729. The van der Waals surface area contributed by atoms with Crippen LogP contribution in [0.5, 0.6) is 0 Å². The number of carbonyl (C=O) groups is 1. The Morgan fingerprint density at radius 2 is 1.37 bits per heavy atom. The summed E-state index contributed by atoms with van der Waals surface area (Å²) in [5.41, 5.74) is 0. The van der Waals surface area contributed by atoms with Crippen LogP contribution in [0.15, 0.2) is 24.3 Å². The highest BCUT2D eigenvalue weighted by atomic mass is 16.4. The second-order valence-corrected chi connectivity index (χ2v) is 5.05. The molecule has 19 heavy (non-hydrogen) atoms. The first-order chi connectivity index (χ1) is 9.27. The summed E-state index contributed by atoms with van der Waals surface area (Å²) in [4.78, 5) is 10.3. The van der Waals surface area contributed by atoms with Crippen LogP contribution < -0.4 is 0 Å². The van der Waals surface area contributed by atoms with E-state index < -0.39 is 5.97 Å². The molecular weight excluding hydrogens is 236 g/mol. The highest BCUT2D eigenvalue weighted by Gasteiger charge is 1.91. The highest BCUT2D eigenvalue weighted by Crippen LogP contribution is 2.09. The first-order valence-electron chi connectivity index (χ1n) is 7.80. The lowest BCUT2D eigenvalue weighted by molar-refractivity contribution is -0.136. The molecule has 2 heteroatoms. The minimum absolute atomic E-state index is 0.225. The van der Waals surface area contributed by atoms with Crippen molar-refractivity contribution >= 4 is 5.97 Å². The standard InChI is InChI=1S/C17H30O2/c1-2-3-4-5-6-7-8-9-10-11-12-13-14-15-16-17(18)19/h11-14H,2-10,15-16H2,1H3,(H,18,19). The van der Waals surface area contributed by atoms with Crippen LogP contribution in [0, 0.1) is 0 Å². The predicted molar refractivity (Wildman–Crippen MR) is 82.4 cm³/mol. The Balaban J connectivity index is 3.18. The van der Waals surface area contributed by atoms with Gasteiger partial charge in [0.25, 0.3) is 0 Å². The van der Waals surface area contributed by atoms with Crippen molar-refractivity contribution < 1.29 is 9.90 Å². The van der Waals surface area contributed by atoms with E-state index in [2.05, 4.69) is 13.0 Å². The molecule has 0 radical (unpaired) electrons. The van der Waals surface area contributed by atoms with Gasteiger partial charge in [-0.2, -0.15) is 0 Å². The SMILES string of the molecule is CCCCCCCCCCC=CC=CCCC(=O)O. The molecule has 0 fully saturated rings. The number of carboxylic acid groups (broad SMARTS) is 1. The number of rotatable bonds is 13. The largest absolute Gasteiger partial charge is 0.481 e. The average Bonchev–Trinajstić information content (AvgIpc) is 2.39. The number of aliphatic carboxylic acids is 1. The molecular formula is C17H30O2. The van der Waals surface area contributed by atoms with Crippen LogP contribution >= 0.6 is 0 Å². The molecule has 0 saturated carbocycles. The Bertz CT molecular complexity index is 254. The van der Waals surface area contributed by atoms with Crippen LogP contribution in [0.1, 0.15) is 77.6 Å². The maximum absolute atomic E-state index is 10.3. The van der Waals surface area contributed by atoms with Gasteiger partial charge in [-0.15, -0.1) is 0 Å². The topological polar surface area (TPSA) is 37.3 Å². The Labute approximate surface area is 118 Å². The smallest absolute Gasteiger partial charge is 0.303 e. The molecule has 0 spiro atoms. The number of unbranched alkanes of at least 4 members (excludes halogenated alkanes) is 8. The fourth-order valence-corrected chi connectivity index (χ4v) is 1.95. The normalized spacial score (nSPS) is 11.6. The van der Waals surface area contributed by atoms with E-state index in [0.717, 1.165) is 6.42 Å². The summed E-state index contributed by atoms with van der Waals surface area (Å²) in [5.74, 6) is -0.729. The molecule has 0 aliphatic carbocycles. The van der Waals surface area contributed by atoms with E-state index in [1.165, 1.54) is 51.4 Å². The van der Waals surface area contributed by atoms with Crippen molar-refractivity contribution in [2.24, 2.45) is 0 Å². The Kier molecular flexibility index (Phi) is 14.2. The van der Waals surface area contributed by atoms with E-state index in [1.54, 1.807) is 0 Å². The Hall–Kier alpha value is -1.05. The van der Waals surface area contributed by atoms with Gasteiger partial charge in [0, 0.05) is 6.42 Å². The molecule has 0 aliphatic heterocycles. The van der Waals surface area contributed by atoms with Gasteiger partial charge in [-0.3, -0.25) is 4.79 Å². The first-order valence-corrected chi connectivity index (χ1v) is 7.80. The third-order valence-corrected chi connectivity index (χ3v) is 3.13. The molecule has 110 valence electrons. The second kappa shape index (κ2) is 15.0.